The van der Waals surface area contributed by atoms with E-state index in [-0.39, 0.29) is 34.0 Å². The fourth-order valence-electron chi connectivity index (χ4n) is 9.37. The maximum absolute atomic E-state index is 16.2. The van der Waals surface area contributed by atoms with Crippen molar-refractivity contribution >= 4 is 40.7 Å². The van der Waals surface area contributed by atoms with Gasteiger partial charge in [0.2, 0.25) is 11.8 Å². The highest BCUT2D eigenvalue weighted by molar-refractivity contribution is 6.31. The van der Waals surface area contributed by atoms with E-state index in [4.69, 9.17) is 23.2 Å². The summed E-state index contributed by atoms with van der Waals surface area (Å²) in [4.78, 5) is 35.7. The zero-order chi connectivity index (χ0) is 32.3. The van der Waals surface area contributed by atoms with Crippen molar-refractivity contribution in [1.29, 1.82) is 0 Å². The van der Waals surface area contributed by atoms with E-state index >= 15 is 4.39 Å². The lowest BCUT2D eigenvalue weighted by Gasteiger charge is -2.50. The molecule has 3 aliphatic heterocycles. The molecule has 46 heavy (non-hydrogen) atoms. The number of aromatic nitrogens is 1. The van der Waals surface area contributed by atoms with Gasteiger partial charge in [-0.15, -0.1) is 0 Å². The van der Waals surface area contributed by atoms with Crippen molar-refractivity contribution in [2.45, 2.75) is 94.2 Å². The Hall–Kier alpha value is -2.30. The number of carbonyl (C=O) groups excluding carboxylic acids is 2. The highest BCUT2D eigenvalue weighted by Crippen LogP contribution is 2.64. The first kappa shape index (κ1) is 32.3. The number of carbonyl (C=O) groups is 2. The van der Waals surface area contributed by atoms with E-state index in [1.807, 2.05) is 6.07 Å². The fraction of sp³-hybridized carbons (Fsp3) is 0.629. The Morgan fingerprint density at radius 3 is 2.50 bits per heavy atom. The predicted octanol–water partition coefficient (Wildman–Crippen LogP) is 5.39. The molecule has 4 N–H and O–H groups in total. The SMILES string of the molecule is CC1(C)CCC2(CC1)N[C@@H](C(=O)NC1CCC(CN3CCNCC3)CC1)[C@H](c1ccnc(Cl)c1F)[C@]21C(=O)Nc2cc(Cl)ccc21. The summed E-state index contributed by atoms with van der Waals surface area (Å²) in [5, 5.41) is 13.9. The van der Waals surface area contributed by atoms with Gasteiger partial charge >= 0.3 is 0 Å². The highest BCUT2D eigenvalue weighted by Gasteiger charge is 2.73. The molecule has 0 unspecified atom stereocenters. The van der Waals surface area contributed by atoms with Crippen LogP contribution >= 0.6 is 23.2 Å². The van der Waals surface area contributed by atoms with E-state index in [1.165, 1.54) is 6.20 Å². The van der Waals surface area contributed by atoms with Crippen LogP contribution in [0.2, 0.25) is 10.2 Å². The van der Waals surface area contributed by atoms with Crippen LogP contribution in [-0.4, -0.2) is 72.0 Å². The molecule has 4 fully saturated rings. The van der Waals surface area contributed by atoms with Crippen molar-refractivity contribution in [3.63, 3.8) is 0 Å². The lowest BCUT2D eigenvalue weighted by atomic mass is 9.53. The molecule has 248 valence electrons. The first-order valence-corrected chi connectivity index (χ1v) is 17.7. The quantitative estimate of drug-likeness (QED) is 0.319. The lowest BCUT2D eigenvalue weighted by molar-refractivity contribution is -0.125. The van der Waals surface area contributed by atoms with Gasteiger partial charge in [-0.1, -0.05) is 43.1 Å². The third-order valence-electron chi connectivity index (χ3n) is 11.9. The van der Waals surface area contributed by atoms with Crippen molar-refractivity contribution < 1.29 is 14.0 Å². The van der Waals surface area contributed by atoms with Crippen molar-refractivity contribution in [3.05, 3.63) is 57.6 Å². The summed E-state index contributed by atoms with van der Waals surface area (Å²) in [6.07, 6.45) is 8.43. The van der Waals surface area contributed by atoms with Crippen LogP contribution in [0.15, 0.2) is 30.5 Å². The zero-order valence-electron chi connectivity index (χ0n) is 26.7. The van der Waals surface area contributed by atoms with Crippen molar-refractivity contribution in [2.24, 2.45) is 11.3 Å². The maximum Gasteiger partial charge on any atom is 0.238 e. The molecule has 3 atom stereocenters. The molecule has 4 heterocycles. The number of fused-ring (bicyclic) bond motifs is 3. The molecule has 2 aliphatic carbocycles. The maximum atomic E-state index is 16.2. The smallest absolute Gasteiger partial charge is 0.238 e. The number of nitrogens with one attached hydrogen (secondary N) is 4. The summed E-state index contributed by atoms with van der Waals surface area (Å²) in [6, 6.07) is 6.17. The van der Waals surface area contributed by atoms with Gasteiger partial charge in [0.25, 0.3) is 0 Å². The molecule has 5 aliphatic rings. The fourth-order valence-corrected chi connectivity index (χ4v) is 9.70. The molecule has 1 aromatic heterocycles. The van der Waals surface area contributed by atoms with Crippen molar-refractivity contribution in [1.82, 2.24) is 25.8 Å². The van der Waals surface area contributed by atoms with Gasteiger partial charge < -0.3 is 20.9 Å². The summed E-state index contributed by atoms with van der Waals surface area (Å²) in [5.74, 6) is -1.36. The second kappa shape index (κ2) is 12.3. The van der Waals surface area contributed by atoms with Gasteiger partial charge in [0, 0.05) is 67.1 Å². The number of amides is 2. The van der Waals surface area contributed by atoms with Crippen LogP contribution < -0.4 is 21.3 Å². The first-order valence-electron chi connectivity index (χ1n) is 17.0. The number of piperazine rings is 1. The predicted molar refractivity (Wildman–Crippen MR) is 179 cm³/mol. The molecule has 11 heteroatoms. The molecule has 2 saturated heterocycles. The molecule has 0 radical (unpaired) electrons. The molecular formula is C35H45Cl2FN6O2. The number of pyridine rings is 1. The van der Waals surface area contributed by atoms with E-state index < -0.39 is 28.7 Å². The van der Waals surface area contributed by atoms with Crippen LogP contribution in [0.25, 0.3) is 0 Å². The summed E-state index contributed by atoms with van der Waals surface area (Å²) in [6.45, 7) is 9.85. The Kier molecular flexibility index (Phi) is 8.62. The molecule has 8 nitrogen and oxygen atoms in total. The molecule has 2 aromatic rings. The second-order valence-electron chi connectivity index (χ2n) is 15.1. The lowest BCUT2D eigenvalue weighted by Crippen LogP contribution is -2.61. The molecule has 1 aromatic carbocycles. The van der Waals surface area contributed by atoms with E-state index in [2.05, 4.69) is 45.0 Å². The molecule has 2 spiro atoms. The summed E-state index contributed by atoms with van der Waals surface area (Å²) < 4.78 is 16.2. The number of hydrogen-bond donors (Lipinski definition) is 4. The van der Waals surface area contributed by atoms with E-state index in [0.717, 1.165) is 76.8 Å². The van der Waals surface area contributed by atoms with Crippen LogP contribution in [0.1, 0.15) is 82.3 Å². The number of anilines is 1. The monoisotopic (exact) mass is 670 g/mol. The highest BCUT2D eigenvalue weighted by atomic mass is 35.5. The van der Waals surface area contributed by atoms with Gasteiger partial charge in [0.1, 0.15) is 5.41 Å². The number of benzene rings is 1. The summed E-state index contributed by atoms with van der Waals surface area (Å²) in [5.41, 5.74) is -0.393. The Labute approximate surface area is 280 Å². The van der Waals surface area contributed by atoms with Gasteiger partial charge in [0.15, 0.2) is 11.0 Å². The molecule has 2 saturated carbocycles. The largest absolute Gasteiger partial charge is 0.352 e. The number of hydrogen-bond acceptors (Lipinski definition) is 6. The second-order valence-corrected chi connectivity index (χ2v) is 15.9. The Balaban J connectivity index is 1.24. The molecule has 0 bridgehead atoms. The minimum Gasteiger partial charge on any atom is -0.352 e. The number of halogens is 3. The molecule has 7 rings (SSSR count). The average molecular weight is 672 g/mol. The van der Waals surface area contributed by atoms with Gasteiger partial charge in [-0.05, 0) is 92.0 Å². The standard InChI is InChI=1S/C35H45Cl2FN6O2/c1-33(2)10-12-34(13-11-33)35(25-8-5-22(36)19-26(25)42-32(35)46)27(24-9-14-40-30(37)28(24)38)29(43-34)31(45)41-23-6-3-21(4-7-23)20-44-17-15-39-16-18-44/h5,8-9,14,19,21,23,27,29,39,43H,3-4,6-7,10-13,15-18,20H2,1-2H3,(H,41,45)(H,42,46)/t21?,23?,27-,29+,35+/m0/s1. The number of nitrogens with zero attached hydrogens (tertiary/aromatic N) is 2. The normalized spacial score (nSPS) is 32.0. The minimum absolute atomic E-state index is 0.0291. The van der Waals surface area contributed by atoms with Crippen LogP contribution in [-0.2, 0) is 15.0 Å². The van der Waals surface area contributed by atoms with Crippen LogP contribution in [0.3, 0.4) is 0 Å². The first-order chi connectivity index (χ1) is 22.0. The molecular weight excluding hydrogens is 626 g/mol. The average Bonchev–Trinajstić information content (AvgIpc) is 3.49. The summed E-state index contributed by atoms with van der Waals surface area (Å²) in [7, 11) is 0. The van der Waals surface area contributed by atoms with Gasteiger partial charge in [-0.25, -0.2) is 9.37 Å². The minimum atomic E-state index is -1.27. The third-order valence-corrected chi connectivity index (χ3v) is 12.4. The van der Waals surface area contributed by atoms with Gasteiger partial charge in [-0.3, -0.25) is 14.9 Å². The van der Waals surface area contributed by atoms with E-state index in [0.29, 0.717) is 29.5 Å². The van der Waals surface area contributed by atoms with Gasteiger partial charge in [0.05, 0.1) is 6.04 Å². The molecule has 2 amide bonds. The topological polar surface area (TPSA) is 98.4 Å². The van der Waals surface area contributed by atoms with E-state index in [1.54, 1.807) is 18.2 Å². The Morgan fingerprint density at radius 1 is 1.07 bits per heavy atom. The van der Waals surface area contributed by atoms with Crippen molar-refractivity contribution in [3.8, 4) is 0 Å². The summed E-state index contributed by atoms with van der Waals surface area (Å²) >= 11 is 12.7. The Bertz CT molecular complexity index is 1500. The van der Waals surface area contributed by atoms with Crippen LogP contribution in [0.5, 0.6) is 0 Å². The Morgan fingerprint density at radius 2 is 1.78 bits per heavy atom. The van der Waals surface area contributed by atoms with Crippen LogP contribution in [0.4, 0.5) is 10.1 Å². The van der Waals surface area contributed by atoms with E-state index in [9.17, 15) is 9.59 Å². The third kappa shape index (κ3) is 5.44. The van der Waals surface area contributed by atoms with Crippen LogP contribution in [0, 0.1) is 17.2 Å². The zero-order valence-corrected chi connectivity index (χ0v) is 28.2. The number of rotatable bonds is 5. The van der Waals surface area contributed by atoms with Gasteiger partial charge in [-0.2, -0.15) is 0 Å². The van der Waals surface area contributed by atoms with Crippen molar-refractivity contribution in [2.75, 3.05) is 38.0 Å².